The zero-order valence-electron chi connectivity index (χ0n) is 13.0. The van der Waals surface area contributed by atoms with Crippen molar-refractivity contribution in [2.75, 3.05) is 14.2 Å². The maximum Gasteiger partial charge on any atom is 0.123 e. The lowest BCUT2D eigenvalue weighted by molar-refractivity contribution is 0.204. The topological polar surface area (TPSA) is 51.4 Å². The summed E-state index contributed by atoms with van der Waals surface area (Å²) in [5.74, 6) is 0.876. The predicted octanol–water partition coefficient (Wildman–Crippen LogP) is 2.98. The number of nitrogens with two attached hydrogens (primary N) is 1. The summed E-state index contributed by atoms with van der Waals surface area (Å²) in [5.41, 5.74) is 8.44. The monoisotopic (exact) mass is 305 g/mol. The van der Waals surface area contributed by atoms with Gasteiger partial charge in [-0.3, -0.25) is 4.90 Å². The van der Waals surface area contributed by atoms with Gasteiger partial charge in [-0.25, -0.2) is 4.98 Å². The van der Waals surface area contributed by atoms with Crippen LogP contribution in [0.1, 0.15) is 29.2 Å². The van der Waals surface area contributed by atoms with Crippen LogP contribution in [0.3, 0.4) is 0 Å². The van der Waals surface area contributed by atoms with Crippen LogP contribution in [0, 0.1) is 6.92 Å². The number of benzene rings is 1. The molecule has 2 N–H and O–H groups in total. The van der Waals surface area contributed by atoms with Crippen LogP contribution in [-0.4, -0.2) is 30.1 Å². The zero-order valence-corrected chi connectivity index (χ0v) is 13.9. The number of likely N-dealkylation sites (N-methyl/N-ethyl adjacent to an activating group) is 1. The normalized spacial score (nSPS) is 14.2. The highest BCUT2D eigenvalue weighted by Crippen LogP contribution is 2.31. The van der Waals surface area contributed by atoms with E-state index in [2.05, 4.69) is 28.4 Å². The Kier molecular flexibility index (Phi) is 5.33. The van der Waals surface area contributed by atoms with Crippen molar-refractivity contribution in [3.63, 3.8) is 0 Å². The molecular formula is C16H23N3OS. The number of thiazole rings is 1. The number of ether oxygens (including phenoxy) is 1. The third kappa shape index (κ3) is 3.81. The summed E-state index contributed by atoms with van der Waals surface area (Å²) < 4.78 is 5.49. The van der Waals surface area contributed by atoms with Crippen molar-refractivity contribution >= 4 is 11.3 Å². The Labute approximate surface area is 130 Å². The highest BCUT2D eigenvalue weighted by atomic mass is 32.1. The predicted molar refractivity (Wildman–Crippen MR) is 87.7 cm³/mol. The summed E-state index contributed by atoms with van der Waals surface area (Å²) in [6, 6.07) is 8.13. The van der Waals surface area contributed by atoms with E-state index in [1.54, 1.807) is 18.4 Å². The Morgan fingerprint density at radius 2 is 2.10 bits per heavy atom. The van der Waals surface area contributed by atoms with Crippen LogP contribution in [0.2, 0.25) is 0 Å². The number of para-hydroxylation sites is 1. The third-order valence-electron chi connectivity index (χ3n) is 3.51. The lowest BCUT2D eigenvalue weighted by Crippen LogP contribution is -2.37. The van der Waals surface area contributed by atoms with Crippen LogP contribution in [0.5, 0.6) is 5.75 Å². The van der Waals surface area contributed by atoms with E-state index in [0.717, 1.165) is 28.6 Å². The molecule has 0 fully saturated rings. The van der Waals surface area contributed by atoms with E-state index < -0.39 is 0 Å². The van der Waals surface area contributed by atoms with E-state index in [0.29, 0.717) is 0 Å². The number of aryl methyl sites for hydroxylation is 1. The second kappa shape index (κ2) is 7.02. The van der Waals surface area contributed by atoms with Gasteiger partial charge in [0, 0.05) is 23.5 Å². The maximum atomic E-state index is 6.24. The van der Waals surface area contributed by atoms with Gasteiger partial charge in [-0.1, -0.05) is 18.2 Å². The fourth-order valence-corrected chi connectivity index (χ4v) is 3.27. The summed E-state index contributed by atoms with van der Waals surface area (Å²) in [7, 11) is 3.77. The van der Waals surface area contributed by atoms with Gasteiger partial charge < -0.3 is 10.5 Å². The van der Waals surface area contributed by atoms with Crippen LogP contribution < -0.4 is 10.5 Å². The van der Waals surface area contributed by atoms with Gasteiger partial charge in [0.05, 0.1) is 23.9 Å². The minimum absolute atomic E-state index is 0.00830. The fourth-order valence-electron chi connectivity index (χ4n) is 2.67. The molecule has 1 aromatic carbocycles. The van der Waals surface area contributed by atoms with Gasteiger partial charge in [0.2, 0.25) is 0 Å². The molecule has 1 aromatic heterocycles. The summed E-state index contributed by atoms with van der Waals surface area (Å²) in [6.07, 6.45) is 0. The van der Waals surface area contributed by atoms with Crippen molar-refractivity contribution in [1.82, 2.24) is 9.88 Å². The van der Waals surface area contributed by atoms with Crippen LogP contribution >= 0.6 is 11.3 Å². The molecule has 0 aliphatic rings. The molecule has 0 saturated carbocycles. The molecule has 4 nitrogen and oxygen atoms in total. The first-order valence-corrected chi connectivity index (χ1v) is 7.90. The number of methoxy groups -OCH3 is 1. The van der Waals surface area contributed by atoms with Crippen molar-refractivity contribution < 1.29 is 4.74 Å². The molecule has 2 aromatic rings. The Bertz CT molecular complexity index is 582. The second-order valence-corrected chi connectivity index (χ2v) is 6.38. The third-order valence-corrected chi connectivity index (χ3v) is 4.33. The van der Waals surface area contributed by atoms with E-state index in [1.807, 2.05) is 32.0 Å². The Morgan fingerprint density at radius 1 is 1.38 bits per heavy atom. The SMILES string of the molecule is COc1ccccc1C(C(C)N)N(C)Cc1csc(C)n1. The molecular weight excluding hydrogens is 282 g/mol. The molecule has 1 heterocycles. The molecule has 0 bridgehead atoms. The number of nitrogens with zero attached hydrogens (tertiary/aromatic N) is 2. The van der Waals surface area contributed by atoms with E-state index in [-0.39, 0.29) is 12.1 Å². The summed E-state index contributed by atoms with van der Waals surface area (Å²) in [5, 5.41) is 3.19. The van der Waals surface area contributed by atoms with E-state index in [9.17, 15) is 0 Å². The van der Waals surface area contributed by atoms with Crippen LogP contribution in [0.25, 0.3) is 0 Å². The highest BCUT2D eigenvalue weighted by Gasteiger charge is 2.24. The molecule has 2 atom stereocenters. The average Bonchev–Trinajstić information content (AvgIpc) is 2.84. The van der Waals surface area contributed by atoms with E-state index >= 15 is 0 Å². The molecule has 21 heavy (non-hydrogen) atoms. The van der Waals surface area contributed by atoms with Gasteiger partial charge in [-0.2, -0.15) is 0 Å². The zero-order chi connectivity index (χ0) is 15.4. The Balaban J connectivity index is 2.25. The molecule has 5 heteroatoms. The molecule has 0 aliphatic carbocycles. The van der Waals surface area contributed by atoms with Gasteiger partial charge in [0.25, 0.3) is 0 Å². The van der Waals surface area contributed by atoms with Crippen molar-refractivity contribution in [2.24, 2.45) is 5.73 Å². The summed E-state index contributed by atoms with van der Waals surface area (Å²) >= 11 is 1.68. The highest BCUT2D eigenvalue weighted by molar-refractivity contribution is 7.09. The second-order valence-electron chi connectivity index (χ2n) is 5.32. The first-order valence-electron chi connectivity index (χ1n) is 7.02. The number of hydrogen-bond donors (Lipinski definition) is 1. The minimum atomic E-state index is -0.00830. The molecule has 0 radical (unpaired) electrons. The standard InChI is InChI=1S/C16H23N3OS/c1-11(17)16(14-7-5-6-8-15(14)20-4)19(3)9-13-10-21-12(2)18-13/h5-8,10-11,16H,9,17H2,1-4H3. The molecule has 0 spiro atoms. The number of hydrogen-bond acceptors (Lipinski definition) is 5. The molecule has 2 unspecified atom stereocenters. The largest absolute Gasteiger partial charge is 0.496 e. The average molecular weight is 305 g/mol. The fraction of sp³-hybridized carbons (Fsp3) is 0.438. The quantitative estimate of drug-likeness (QED) is 0.891. The van der Waals surface area contributed by atoms with Crippen molar-refractivity contribution in [3.8, 4) is 5.75 Å². The van der Waals surface area contributed by atoms with E-state index in [4.69, 9.17) is 10.5 Å². The molecule has 114 valence electrons. The lowest BCUT2D eigenvalue weighted by atomic mass is 9.98. The number of aromatic nitrogens is 1. The van der Waals surface area contributed by atoms with E-state index in [1.165, 1.54) is 0 Å². The number of rotatable bonds is 6. The lowest BCUT2D eigenvalue weighted by Gasteiger charge is -2.32. The molecule has 2 rings (SSSR count). The Hall–Kier alpha value is -1.43. The van der Waals surface area contributed by atoms with Crippen molar-refractivity contribution in [1.29, 1.82) is 0 Å². The van der Waals surface area contributed by atoms with Crippen molar-refractivity contribution in [2.45, 2.75) is 32.5 Å². The van der Waals surface area contributed by atoms with Crippen LogP contribution in [-0.2, 0) is 6.54 Å². The van der Waals surface area contributed by atoms with Gasteiger partial charge in [-0.15, -0.1) is 11.3 Å². The first kappa shape index (κ1) is 15.9. The van der Waals surface area contributed by atoms with Gasteiger partial charge >= 0.3 is 0 Å². The molecule has 0 aliphatic heterocycles. The van der Waals surface area contributed by atoms with Gasteiger partial charge in [0.1, 0.15) is 5.75 Å². The maximum absolute atomic E-state index is 6.24. The van der Waals surface area contributed by atoms with Crippen LogP contribution in [0.15, 0.2) is 29.6 Å². The Morgan fingerprint density at radius 3 is 2.67 bits per heavy atom. The summed E-state index contributed by atoms with van der Waals surface area (Å²) in [6.45, 7) is 4.83. The summed E-state index contributed by atoms with van der Waals surface area (Å²) in [4.78, 5) is 6.77. The molecule has 0 saturated heterocycles. The minimum Gasteiger partial charge on any atom is -0.496 e. The smallest absolute Gasteiger partial charge is 0.123 e. The first-order chi connectivity index (χ1) is 10.0. The molecule has 0 amide bonds. The van der Waals surface area contributed by atoms with Crippen molar-refractivity contribution in [3.05, 3.63) is 45.9 Å². The van der Waals surface area contributed by atoms with Crippen LogP contribution in [0.4, 0.5) is 0 Å². The van der Waals surface area contributed by atoms with Gasteiger partial charge in [0.15, 0.2) is 0 Å². The van der Waals surface area contributed by atoms with Gasteiger partial charge in [-0.05, 0) is 27.0 Å².